The summed E-state index contributed by atoms with van der Waals surface area (Å²) < 4.78 is 0. The number of rotatable bonds is 0. The van der Waals surface area contributed by atoms with Crippen LogP contribution in [0, 0.1) is 0 Å². The average Bonchev–Trinajstić information content (AvgIpc) is 1.91. The van der Waals surface area contributed by atoms with Crippen molar-refractivity contribution in [2.45, 2.75) is 30.1 Å². The van der Waals surface area contributed by atoms with Crippen LogP contribution < -0.4 is 5.73 Å². The van der Waals surface area contributed by atoms with Crippen molar-refractivity contribution in [2.75, 3.05) is 0 Å². The summed E-state index contributed by atoms with van der Waals surface area (Å²) in [6.45, 7) is 0. The van der Waals surface area contributed by atoms with E-state index in [1.807, 2.05) is 0 Å². The summed E-state index contributed by atoms with van der Waals surface area (Å²) in [5.74, 6) is 0. The molecule has 0 unspecified atom stereocenters. The minimum absolute atomic E-state index is 0.431. The summed E-state index contributed by atoms with van der Waals surface area (Å²) >= 11 is 3.48. The van der Waals surface area contributed by atoms with Gasteiger partial charge in [0.25, 0.3) is 0 Å². The summed E-state index contributed by atoms with van der Waals surface area (Å²) in [5, 5.41) is 0. The summed E-state index contributed by atoms with van der Waals surface area (Å²) in [6, 6.07) is 0.431. The fourth-order valence-electron chi connectivity index (χ4n) is 0.943. The predicted octanol–water partition coefficient (Wildman–Crippen LogP) is 1.26. The first kappa shape index (κ1) is 5.57. The molecule has 1 aliphatic carbocycles. The maximum Gasteiger partial charge on any atom is 0.0297 e. The van der Waals surface area contributed by atoms with Gasteiger partial charge in [-0.1, -0.05) is 22.4 Å². The highest BCUT2D eigenvalue weighted by Gasteiger charge is 2.19. The molecule has 2 N–H and O–H groups in total. The molecule has 0 spiro atoms. The standard InChI is InChI=1S/C5H10BrN/c6-4-2-1-3-5(4)7/h4-5H,1-3,7H2/t4-,5+/m0/s1. The first-order valence-electron chi connectivity index (χ1n) is 2.70. The molecule has 0 aliphatic heterocycles. The highest BCUT2D eigenvalue weighted by atomic mass is 79.9. The van der Waals surface area contributed by atoms with Crippen LogP contribution in [0.1, 0.15) is 19.3 Å². The third-order valence-electron chi connectivity index (χ3n) is 1.48. The Balaban J connectivity index is 2.33. The second kappa shape index (κ2) is 2.14. The van der Waals surface area contributed by atoms with E-state index in [2.05, 4.69) is 15.9 Å². The van der Waals surface area contributed by atoms with Crippen molar-refractivity contribution in [3.8, 4) is 0 Å². The maximum atomic E-state index is 5.63. The smallest absolute Gasteiger partial charge is 0.0297 e. The number of nitrogens with two attached hydrogens (primary N) is 1. The molecule has 0 aromatic heterocycles. The van der Waals surface area contributed by atoms with Crippen LogP contribution >= 0.6 is 15.9 Å². The van der Waals surface area contributed by atoms with Gasteiger partial charge < -0.3 is 5.73 Å². The van der Waals surface area contributed by atoms with E-state index in [9.17, 15) is 0 Å². The van der Waals surface area contributed by atoms with Crippen LogP contribution in [-0.4, -0.2) is 10.9 Å². The molecule has 0 aromatic carbocycles. The molecule has 0 saturated heterocycles. The molecule has 2 heteroatoms. The molecule has 2 atom stereocenters. The first-order chi connectivity index (χ1) is 3.30. The molecule has 1 rings (SSSR count). The van der Waals surface area contributed by atoms with Gasteiger partial charge >= 0.3 is 0 Å². The molecule has 42 valence electrons. The van der Waals surface area contributed by atoms with E-state index in [4.69, 9.17) is 5.73 Å². The summed E-state index contributed by atoms with van der Waals surface area (Å²) in [7, 11) is 0. The normalized spacial score (nSPS) is 42.0. The molecule has 0 amide bonds. The van der Waals surface area contributed by atoms with Gasteiger partial charge in [-0.2, -0.15) is 0 Å². The maximum absolute atomic E-state index is 5.63. The van der Waals surface area contributed by atoms with E-state index in [0.717, 1.165) is 0 Å². The topological polar surface area (TPSA) is 26.0 Å². The van der Waals surface area contributed by atoms with E-state index in [1.165, 1.54) is 19.3 Å². The Hall–Kier alpha value is 0.440. The number of halogens is 1. The highest BCUT2D eigenvalue weighted by molar-refractivity contribution is 9.09. The van der Waals surface area contributed by atoms with Gasteiger partial charge in [-0.05, 0) is 12.8 Å². The minimum atomic E-state index is 0.431. The fourth-order valence-corrected chi connectivity index (χ4v) is 1.53. The van der Waals surface area contributed by atoms with Crippen LogP contribution in [0.3, 0.4) is 0 Å². The first-order valence-corrected chi connectivity index (χ1v) is 3.62. The lowest BCUT2D eigenvalue weighted by Crippen LogP contribution is -2.23. The number of hydrogen-bond donors (Lipinski definition) is 1. The van der Waals surface area contributed by atoms with Gasteiger partial charge in [0.05, 0.1) is 0 Å². The zero-order valence-corrected chi connectivity index (χ0v) is 5.82. The molecule has 7 heavy (non-hydrogen) atoms. The lowest BCUT2D eigenvalue weighted by molar-refractivity contribution is 0.722. The van der Waals surface area contributed by atoms with Crippen molar-refractivity contribution in [1.82, 2.24) is 0 Å². The van der Waals surface area contributed by atoms with Crippen molar-refractivity contribution in [3.63, 3.8) is 0 Å². The van der Waals surface area contributed by atoms with Crippen LogP contribution in [0.5, 0.6) is 0 Å². The monoisotopic (exact) mass is 163 g/mol. The van der Waals surface area contributed by atoms with Gasteiger partial charge in [-0.3, -0.25) is 0 Å². The van der Waals surface area contributed by atoms with Crippen molar-refractivity contribution >= 4 is 15.9 Å². The predicted molar refractivity (Wildman–Crippen MR) is 34.5 cm³/mol. The largest absolute Gasteiger partial charge is 0.327 e. The molecule has 1 aliphatic rings. The van der Waals surface area contributed by atoms with Gasteiger partial charge in [0.2, 0.25) is 0 Å². The molecule has 1 fully saturated rings. The van der Waals surface area contributed by atoms with Crippen molar-refractivity contribution < 1.29 is 0 Å². The van der Waals surface area contributed by atoms with Crippen molar-refractivity contribution in [2.24, 2.45) is 5.73 Å². The minimum Gasteiger partial charge on any atom is -0.327 e. The van der Waals surface area contributed by atoms with Gasteiger partial charge in [-0.25, -0.2) is 0 Å². The zero-order chi connectivity index (χ0) is 5.28. The summed E-state index contributed by atoms with van der Waals surface area (Å²) in [5.41, 5.74) is 5.63. The molecule has 1 saturated carbocycles. The lowest BCUT2D eigenvalue weighted by Gasteiger charge is -2.03. The van der Waals surface area contributed by atoms with E-state index in [0.29, 0.717) is 10.9 Å². The van der Waals surface area contributed by atoms with Crippen LogP contribution in [0.2, 0.25) is 0 Å². The Morgan fingerprint density at radius 2 is 2.14 bits per heavy atom. The zero-order valence-electron chi connectivity index (χ0n) is 4.23. The third-order valence-corrected chi connectivity index (χ3v) is 2.62. The Kier molecular flexibility index (Phi) is 1.70. The van der Waals surface area contributed by atoms with Gasteiger partial charge in [0.1, 0.15) is 0 Å². The van der Waals surface area contributed by atoms with E-state index < -0.39 is 0 Å². The van der Waals surface area contributed by atoms with E-state index >= 15 is 0 Å². The molecule has 0 radical (unpaired) electrons. The summed E-state index contributed by atoms with van der Waals surface area (Å²) in [4.78, 5) is 0.604. The van der Waals surface area contributed by atoms with E-state index in [-0.39, 0.29) is 0 Å². The highest BCUT2D eigenvalue weighted by Crippen LogP contribution is 2.23. The third kappa shape index (κ3) is 1.16. The van der Waals surface area contributed by atoms with Crippen molar-refractivity contribution in [3.05, 3.63) is 0 Å². The molecule has 0 heterocycles. The Morgan fingerprint density at radius 3 is 2.29 bits per heavy atom. The Morgan fingerprint density at radius 1 is 1.43 bits per heavy atom. The molecule has 0 bridgehead atoms. The Labute approximate surface area is 52.4 Å². The van der Waals surface area contributed by atoms with Gasteiger partial charge in [0, 0.05) is 10.9 Å². The van der Waals surface area contributed by atoms with Crippen molar-refractivity contribution in [1.29, 1.82) is 0 Å². The fraction of sp³-hybridized carbons (Fsp3) is 1.00. The van der Waals surface area contributed by atoms with Gasteiger partial charge in [0.15, 0.2) is 0 Å². The van der Waals surface area contributed by atoms with Crippen LogP contribution in [0.25, 0.3) is 0 Å². The van der Waals surface area contributed by atoms with E-state index in [1.54, 1.807) is 0 Å². The number of alkyl halides is 1. The molecular weight excluding hydrogens is 154 g/mol. The van der Waals surface area contributed by atoms with Crippen LogP contribution in [-0.2, 0) is 0 Å². The quantitative estimate of drug-likeness (QED) is 0.536. The van der Waals surface area contributed by atoms with Gasteiger partial charge in [-0.15, -0.1) is 0 Å². The lowest BCUT2D eigenvalue weighted by atomic mass is 10.3. The Bertz CT molecular complexity index is 57.1. The molecular formula is C5H10BrN. The van der Waals surface area contributed by atoms with Crippen LogP contribution in [0.15, 0.2) is 0 Å². The SMILES string of the molecule is N[C@@H]1CCC[C@@H]1Br. The molecule has 1 nitrogen and oxygen atoms in total. The second-order valence-corrected chi connectivity index (χ2v) is 3.29. The second-order valence-electron chi connectivity index (χ2n) is 2.11. The number of hydrogen-bond acceptors (Lipinski definition) is 1. The molecule has 0 aromatic rings. The summed E-state index contributed by atoms with van der Waals surface area (Å²) in [6.07, 6.45) is 3.77. The average molecular weight is 164 g/mol. The van der Waals surface area contributed by atoms with Crippen LogP contribution in [0.4, 0.5) is 0 Å².